The van der Waals surface area contributed by atoms with Crippen molar-refractivity contribution in [2.24, 2.45) is 0 Å². The molecular weight excluding hydrogens is 254 g/mol. The summed E-state index contributed by atoms with van der Waals surface area (Å²) in [6.45, 7) is 5.74. The number of hydrogen-bond acceptors (Lipinski definition) is 6. The molecule has 0 saturated carbocycles. The number of piperidine rings is 1. The Kier molecular flexibility index (Phi) is 3.73. The Hall–Kier alpha value is -1.82. The zero-order valence-electron chi connectivity index (χ0n) is 11.8. The van der Waals surface area contributed by atoms with Gasteiger partial charge in [-0.05, 0) is 48.3 Å². The van der Waals surface area contributed by atoms with Gasteiger partial charge in [-0.1, -0.05) is 6.92 Å². The standard InChI is InChI=1S/C14H21N5O/c1-2-7-19-8-5-10(6-9-19)16-12-4-3-11(15)13-14(12)18-20-17-13/h3-4,10,16H,2,5-9,15H2,1H3. The van der Waals surface area contributed by atoms with Crippen LogP contribution in [0.4, 0.5) is 11.4 Å². The molecule has 0 unspecified atom stereocenters. The fourth-order valence-corrected chi connectivity index (χ4v) is 2.84. The number of likely N-dealkylation sites (tertiary alicyclic amines) is 1. The molecule has 3 rings (SSSR count). The van der Waals surface area contributed by atoms with E-state index in [0.717, 1.165) is 37.1 Å². The predicted molar refractivity (Wildman–Crippen MR) is 79.6 cm³/mol. The molecule has 0 amide bonds. The molecular formula is C14H21N5O. The molecule has 1 aromatic heterocycles. The lowest BCUT2D eigenvalue weighted by Gasteiger charge is -2.32. The van der Waals surface area contributed by atoms with Crippen LogP contribution in [0.25, 0.3) is 11.0 Å². The lowest BCUT2D eigenvalue weighted by atomic mass is 10.0. The quantitative estimate of drug-likeness (QED) is 0.832. The van der Waals surface area contributed by atoms with Gasteiger partial charge in [-0.15, -0.1) is 0 Å². The van der Waals surface area contributed by atoms with Gasteiger partial charge in [-0.2, -0.15) is 0 Å². The van der Waals surface area contributed by atoms with E-state index in [1.807, 2.05) is 12.1 Å². The fourth-order valence-electron chi connectivity index (χ4n) is 2.84. The molecule has 0 aliphatic carbocycles. The third-order valence-corrected chi connectivity index (χ3v) is 3.93. The van der Waals surface area contributed by atoms with Crippen LogP contribution in [-0.2, 0) is 0 Å². The minimum Gasteiger partial charge on any atom is -0.397 e. The summed E-state index contributed by atoms with van der Waals surface area (Å²) in [4.78, 5) is 2.52. The SMILES string of the molecule is CCCN1CCC(Nc2ccc(N)c3nonc23)CC1. The average Bonchev–Trinajstić information content (AvgIpc) is 2.95. The summed E-state index contributed by atoms with van der Waals surface area (Å²) in [7, 11) is 0. The molecule has 2 aromatic rings. The molecule has 6 heteroatoms. The van der Waals surface area contributed by atoms with Crippen LogP contribution in [0.3, 0.4) is 0 Å². The minimum absolute atomic E-state index is 0.478. The van der Waals surface area contributed by atoms with Crippen LogP contribution < -0.4 is 11.1 Å². The zero-order valence-corrected chi connectivity index (χ0v) is 11.8. The van der Waals surface area contributed by atoms with Crippen molar-refractivity contribution in [1.29, 1.82) is 0 Å². The van der Waals surface area contributed by atoms with Gasteiger partial charge in [-0.25, -0.2) is 4.63 Å². The van der Waals surface area contributed by atoms with Gasteiger partial charge in [0.25, 0.3) is 0 Å². The van der Waals surface area contributed by atoms with Crippen molar-refractivity contribution < 1.29 is 4.63 Å². The molecule has 0 atom stereocenters. The van der Waals surface area contributed by atoms with Gasteiger partial charge in [-0.3, -0.25) is 0 Å². The highest BCUT2D eigenvalue weighted by Gasteiger charge is 2.20. The minimum atomic E-state index is 0.478. The molecule has 6 nitrogen and oxygen atoms in total. The number of benzene rings is 1. The maximum Gasteiger partial charge on any atom is 0.160 e. The first-order chi connectivity index (χ1) is 9.78. The van der Waals surface area contributed by atoms with E-state index in [1.165, 1.54) is 13.0 Å². The molecule has 1 fully saturated rings. The third-order valence-electron chi connectivity index (χ3n) is 3.93. The number of nitrogens with zero attached hydrogens (tertiary/aromatic N) is 3. The van der Waals surface area contributed by atoms with Gasteiger partial charge in [0.15, 0.2) is 11.0 Å². The van der Waals surface area contributed by atoms with Crippen LogP contribution in [0.15, 0.2) is 16.8 Å². The molecule has 1 saturated heterocycles. The number of anilines is 2. The van der Waals surface area contributed by atoms with Crippen molar-refractivity contribution >= 4 is 22.4 Å². The monoisotopic (exact) mass is 275 g/mol. The van der Waals surface area contributed by atoms with Crippen LogP contribution in [0.2, 0.25) is 0 Å². The molecule has 0 bridgehead atoms. The first-order valence-corrected chi connectivity index (χ1v) is 7.27. The summed E-state index contributed by atoms with van der Waals surface area (Å²) in [6.07, 6.45) is 3.52. The number of fused-ring (bicyclic) bond motifs is 1. The Bertz CT molecular complexity index is 574. The number of nitrogens with two attached hydrogens (primary N) is 1. The Morgan fingerprint density at radius 1 is 1.30 bits per heavy atom. The first kappa shape index (κ1) is 13.2. The van der Waals surface area contributed by atoms with Crippen LogP contribution in [-0.4, -0.2) is 40.9 Å². The summed E-state index contributed by atoms with van der Waals surface area (Å²) >= 11 is 0. The predicted octanol–water partition coefficient (Wildman–Crippen LogP) is 2.09. The third kappa shape index (κ3) is 2.56. The van der Waals surface area contributed by atoms with E-state index in [-0.39, 0.29) is 0 Å². The lowest BCUT2D eigenvalue weighted by molar-refractivity contribution is 0.219. The second-order valence-electron chi connectivity index (χ2n) is 5.42. The highest BCUT2D eigenvalue weighted by molar-refractivity contribution is 5.95. The molecule has 3 N–H and O–H groups in total. The number of aromatic nitrogens is 2. The average molecular weight is 275 g/mol. The molecule has 0 radical (unpaired) electrons. The Labute approximate surface area is 118 Å². The first-order valence-electron chi connectivity index (χ1n) is 7.27. The number of hydrogen-bond donors (Lipinski definition) is 2. The van der Waals surface area contributed by atoms with Gasteiger partial charge in [0, 0.05) is 19.1 Å². The Morgan fingerprint density at radius 3 is 2.80 bits per heavy atom. The van der Waals surface area contributed by atoms with Crippen molar-refractivity contribution in [3.8, 4) is 0 Å². The molecule has 1 aliphatic heterocycles. The molecule has 108 valence electrons. The summed E-state index contributed by atoms with van der Waals surface area (Å²) in [5.41, 5.74) is 8.78. The second kappa shape index (κ2) is 5.66. The number of rotatable bonds is 4. The topological polar surface area (TPSA) is 80.2 Å². The molecule has 20 heavy (non-hydrogen) atoms. The maximum absolute atomic E-state index is 5.86. The van der Waals surface area contributed by atoms with E-state index >= 15 is 0 Å². The van der Waals surface area contributed by atoms with E-state index in [0.29, 0.717) is 17.2 Å². The largest absolute Gasteiger partial charge is 0.397 e. The van der Waals surface area contributed by atoms with E-state index in [1.54, 1.807) is 0 Å². The van der Waals surface area contributed by atoms with Gasteiger partial charge in [0.05, 0.1) is 11.4 Å². The highest BCUT2D eigenvalue weighted by Crippen LogP contribution is 2.27. The fraction of sp³-hybridized carbons (Fsp3) is 0.571. The number of nitrogen functional groups attached to an aromatic ring is 1. The lowest BCUT2D eigenvalue weighted by Crippen LogP contribution is -2.39. The van der Waals surface area contributed by atoms with Crippen molar-refractivity contribution in [1.82, 2.24) is 15.2 Å². The van der Waals surface area contributed by atoms with E-state index in [2.05, 4.69) is 27.5 Å². The summed E-state index contributed by atoms with van der Waals surface area (Å²) < 4.78 is 4.80. The van der Waals surface area contributed by atoms with Crippen LogP contribution >= 0.6 is 0 Å². The van der Waals surface area contributed by atoms with E-state index in [9.17, 15) is 0 Å². The number of nitrogens with one attached hydrogen (secondary N) is 1. The molecule has 2 heterocycles. The second-order valence-corrected chi connectivity index (χ2v) is 5.42. The Morgan fingerprint density at radius 2 is 2.05 bits per heavy atom. The highest BCUT2D eigenvalue weighted by atomic mass is 16.6. The summed E-state index contributed by atoms with van der Waals surface area (Å²) in [5.74, 6) is 0. The van der Waals surface area contributed by atoms with Crippen LogP contribution in [0, 0.1) is 0 Å². The van der Waals surface area contributed by atoms with Crippen molar-refractivity contribution in [3.63, 3.8) is 0 Å². The molecule has 1 aliphatic rings. The molecule has 0 spiro atoms. The maximum atomic E-state index is 5.86. The van der Waals surface area contributed by atoms with Crippen LogP contribution in [0.5, 0.6) is 0 Å². The van der Waals surface area contributed by atoms with Crippen molar-refractivity contribution in [2.45, 2.75) is 32.2 Å². The summed E-state index contributed by atoms with van der Waals surface area (Å²) in [5, 5.41) is 11.4. The van der Waals surface area contributed by atoms with E-state index in [4.69, 9.17) is 10.4 Å². The Balaban J connectivity index is 1.69. The van der Waals surface area contributed by atoms with Crippen LogP contribution in [0.1, 0.15) is 26.2 Å². The van der Waals surface area contributed by atoms with Crippen molar-refractivity contribution in [3.05, 3.63) is 12.1 Å². The summed E-state index contributed by atoms with van der Waals surface area (Å²) in [6, 6.07) is 4.29. The van der Waals surface area contributed by atoms with Gasteiger partial charge >= 0.3 is 0 Å². The zero-order chi connectivity index (χ0) is 13.9. The van der Waals surface area contributed by atoms with Gasteiger partial charge in [0.2, 0.25) is 0 Å². The van der Waals surface area contributed by atoms with Gasteiger partial charge < -0.3 is 16.0 Å². The normalized spacial score (nSPS) is 17.6. The smallest absolute Gasteiger partial charge is 0.160 e. The van der Waals surface area contributed by atoms with E-state index < -0.39 is 0 Å². The van der Waals surface area contributed by atoms with Gasteiger partial charge in [0.1, 0.15) is 0 Å². The molecule has 1 aromatic carbocycles. The van der Waals surface area contributed by atoms with Crippen molar-refractivity contribution in [2.75, 3.05) is 30.7 Å².